The number of ether oxygens (including phenoxy) is 1. The second kappa shape index (κ2) is 11.5. The highest BCUT2D eigenvalue weighted by atomic mass is 16.6. The fourth-order valence-corrected chi connectivity index (χ4v) is 3.24. The summed E-state index contributed by atoms with van der Waals surface area (Å²) < 4.78 is 11.1. The number of nitrogens with one attached hydrogen (secondary N) is 2. The Morgan fingerprint density at radius 3 is 2.62 bits per heavy atom. The van der Waals surface area contributed by atoms with E-state index in [2.05, 4.69) is 17.8 Å². The Labute approximate surface area is 195 Å². The largest absolute Gasteiger partial charge is 0.502 e. The van der Waals surface area contributed by atoms with E-state index >= 15 is 0 Å². The molecule has 0 spiro atoms. The highest BCUT2D eigenvalue weighted by molar-refractivity contribution is 6.01. The van der Waals surface area contributed by atoms with E-state index in [4.69, 9.17) is 9.15 Å². The first-order valence-electron chi connectivity index (χ1n) is 10.8. The molecule has 0 aliphatic carbocycles. The fourth-order valence-electron chi connectivity index (χ4n) is 3.24. The zero-order chi connectivity index (χ0) is 24.5. The third kappa shape index (κ3) is 6.12. The Hall–Kier alpha value is -4.34. The summed E-state index contributed by atoms with van der Waals surface area (Å²) in [7, 11) is 0. The van der Waals surface area contributed by atoms with Gasteiger partial charge in [-0.3, -0.25) is 30.6 Å². The van der Waals surface area contributed by atoms with Crippen molar-refractivity contribution in [3.05, 3.63) is 76.2 Å². The van der Waals surface area contributed by atoms with E-state index < -0.39 is 28.2 Å². The molecule has 0 aliphatic heterocycles. The highest BCUT2D eigenvalue weighted by Crippen LogP contribution is 2.28. The summed E-state index contributed by atoms with van der Waals surface area (Å²) in [5, 5.41) is 20.4. The van der Waals surface area contributed by atoms with Gasteiger partial charge >= 0.3 is 11.6 Å². The standard InChI is InChI=1S/C24H25N3O7/c1-2-3-4-5-12-33-18-8-6-7-16(14-18)19-11-13-34-22(19)24(30)26-25-23(29)17-9-10-21(28)20(15-17)27(31)32/h6-11,13-15,28H,2-5,12H2,1H3,(H,25,29)(H,26,30). The summed E-state index contributed by atoms with van der Waals surface area (Å²) in [5.74, 6) is -1.45. The lowest BCUT2D eigenvalue weighted by molar-refractivity contribution is -0.385. The predicted molar refractivity (Wildman–Crippen MR) is 123 cm³/mol. The quantitative estimate of drug-likeness (QED) is 0.225. The van der Waals surface area contributed by atoms with Crippen molar-refractivity contribution in [2.24, 2.45) is 0 Å². The van der Waals surface area contributed by atoms with E-state index in [1.54, 1.807) is 18.2 Å². The first kappa shape index (κ1) is 24.3. The predicted octanol–water partition coefficient (Wildman–Crippen LogP) is 4.59. The lowest BCUT2D eigenvalue weighted by Gasteiger charge is -2.09. The van der Waals surface area contributed by atoms with Crippen molar-refractivity contribution in [3.63, 3.8) is 0 Å². The van der Waals surface area contributed by atoms with Gasteiger partial charge in [0.15, 0.2) is 5.75 Å². The Bertz CT molecular complexity index is 1170. The number of rotatable bonds is 10. The van der Waals surface area contributed by atoms with Gasteiger partial charge in [-0.25, -0.2) is 0 Å². The van der Waals surface area contributed by atoms with E-state index in [9.17, 15) is 24.8 Å². The molecule has 0 atom stereocenters. The van der Waals surface area contributed by atoms with Crippen LogP contribution in [0.15, 0.2) is 59.2 Å². The SMILES string of the molecule is CCCCCCOc1cccc(-c2ccoc2C(=O)NNC(=O)c2ccc(O)c([N+](=O)[O-])c2)c1. The normalized spacial score (nSPS) is 10.5. The van der Waals surface area contributed by atoms with Gasteiger partial charge < -0.3 is 14.3 Å². The highest BCUT2D eigenvalue weighted by Gasteiger charge is 2.20. The lowest BCUT2D eigenvalue weighted by atomic mass is 10.1. The second-order valence-corrected chi connectivity index (χ2v) is 7.47. The van der Waals surface area contributed by atoms with Gasteiger partial charge in [-0.2, -0.15) is 0 Å². The van der Waals surface area contributed by atoms with Crippen LogP contribution in [0, 0.1) is 10.1 Å². The van der Waals surface area contributed by atoms with Crippen molar-refractivity contribution in [1.82, 2.24) is 10.9 Å². The average molecular weight is 467 g/mol. The molecule has 0 unspecified atom stereocenters. The second-order valence-electron chi connectivity index (χ2n) is 7.47. The van der Waals surface area contributed by atoms with Crippen LogP contribution in [0.25, 0.3) is 11.1 Å². The third-order valence-corrected chi connectivity index (χ3v) is 5.01. The molecule has 34 heavy (non-hydrogen) atoms. The smallest absolute Gasteiger partial charge is 0.311 e. The number of benzene rings is 2. The summed E-state index contributed by atoms with van der Waals surface area (Å²) >= 11 is 0. The number of hydrogen-bond donors (Lipinski definition) is 3. The molecular weight excluding hydrogens is 442 g/mol. The monoisotopic (exact) mass is 467 g/mol. The average Bonchev–Trinajstić information content (AvgIpc) is 3.33. The number of phenolic OH excluding ortho intramolecular Hbond substituents is 1. The minimum atomic E-state index is -0.817. The van der Waals surface area contributed by atoms with Gasteiger partial charge in [-0.1, -0.05) is 38.3 Å². The Balaban J connectivity index is 1.65. The van der Waals surface area contributed by atoms with Gasteiger partial charge in [0.1, 0.15) is 5.75 Å². The first-order chi connectivity index (χ1) is 16.4. The summed E-state index contributed by atoms with van der Waals surface area (Å²) in [5.41, 5.74) is 4.87. The molecule has 178 valence electrons. The van der Waals surface area contributed by atoms with E-state index in [1.165, 1.54) is 12.3 Å². The van der Waals surface area contributed by atoms with Crippen LogP contribution in [0.1, 0.15) is 53.5 Å². The number of carbonyl (C=O) groups excluding carboxylic acids is 2. The fraction of sp³-hybridized carbons (Fsp3) is 0.250. The molecule has 2 aromatic carbocycles. The van der Waals surface area contributed by atoms with Gasteiger partial charge in [0.05, 0.1) is 17.8 Å². The summed E-state index contributed by atoms with van der Waals surface area (Å²) in [6.07, 6.45) is 5.73. The summed E-state index contributed by atoms with van der Waals surface area (Å²) in [4.78, 5) is 35.0. The van der Waals surface area contributed by atoms with Gasteiger partial charge in [0.2, 0.25) is 5.76 Å². The molecule has 1 heterocycles. The summed E-state index contributed by atoms with van der Waals surface area (Å²) in [6.45, 7) is 2.75. The molecule has 0 saturated heterocycles. The number of hydrazine groups is 1. The van der Waals surface area contributed by atoms with E-state index in [0.717, 1.165) is 37.8 Å². The molecule has 10 nitrogen and oxygen atoms in total. The van der Waals surface area contributed by atoms with E-state index in [0.29, 0.717) is 23.5 Å². The van der Waals surface area contributed by atoms with Crippen LogP contribution in [0.4, 0.5) is 5.69 Å². The maximum atomic E-state index is 12.6. The Kier molecular flexibility index (Phi) is 8.22. The van der Waals surface area contributed by atoms with Crippen LogP contribution < -0.4 is 15.6 Å². The molecule has 0 bridgehead atoms. The first-order valence-corrected chi connectivity index (χ1v) is 10.8. The molecular formula is C24H25N3O7. The van der Waals surface area contributed by atoms with Crippen molar-refractivity contribution in [1.29, 1.82) is 0 Å². The number of nitro groups is 1. The number of carbonyl (C=O) groups is 2. The van der Waals surface area contributed by atoms with Crippen LogP contribution in [-0.4, -0.2) is 28.5 Å². The number of nitro benzene ring substituents is 1. The zero-order valence-corrected chi connectivity index (χ0v) is 18.6. The molecule has 0 saturated carbocycles. The molecule has 0 fully saturated rings. The molecule has 1 aromatic heterocycles. The Morgan fingerprint density at radius 2 is 1.85 bits per heavy atom. The number of hydrogen-bond acceptors (Lipinski definition) is 7. The van der Waals surface area contributed by atoms with Crippen LogP contribution >= 0.6 is 0 Å². The number of amides is 2. The van der Waals surface area contributed by atoms with Gasteiger partial charge in [-0.05, 0) is 42.3 Å². The zero-order valence-electron chi connectivity index (χ0n) is 18.6. The molecule has 0 aliphatic rings. The summed E-state index contributed by atoms with van der Waals surface area (Å²) in [6, 6.07) is 12.0. The van der Waals surface area contributed by atoms with E-state index in [-0.39, 0.29) is 11.3 Å². The van der Waals surface area contributed by atoms with Crippen LogP contribution in [0.5, 0.6) is 11.5 Å². The van der Waals surface area contributed by atoms with Crippen molar-refractivity contribution < 1.29 is 28.8 Å². The van der Waals surface area contributed by atoms with Crippen LogP contribution in [0.3, 0.4) is 0 Å². The van der Waals surface area contributed by atoms with E-state index in [1.807, 2.05) is 12.1 Å². The molecule has 3 N–H and O–H groups in total. The molecule has 0 radical (unpaired) electrons. The van der Waals surface area contributed by atoms with Crippen molar-refractivity contribution in [2.45, 2.75) is 32.6 Å². The van der Waals surface area contributed by atoms with Crippen LogP contribution in [0.2, 0.25) is 0 Å². The third-order valence-electron chi connectivity index (χ3n) is 5.01. The maximum absolute atomic E-state index is 12.6. The number of furan rings is 1. The molecule has 3 rings (SSSR count). The van der Waals surface area contributed by atoms with Gasteiger partial charge in [-0.15, -0.1) is 0 Å². The van der Waals surface area contributed by atoms with Gasteiger partial charge in [0.25, 0.3) is 5.91 Å². The van der Waals surface area contributed by atoms with Crippen molar-refractivity contribution in [2.75, 3.05) is 6.61 Å². The molecule has 10 heteroatoms. The van der Waals surface area contributed by atoms with Gasteiger partial charge in [0, 0.05) is 17.2 Å². The molecule has 3 aromatic rings. The number of unbranched alkanes of at least 4 members (excludes halogenated alkanes) is 3. The Morgan fingerprint density at radius 1 is 1.06 bits per heavy atom. The number of nitrogens with zero attached hydrogens (tertiary/aromatic N) is 1. The minimum Gasteiger partial charge on any atom is -0.502 e. The van der Waals surface area contributed by atoms with Crippen molar-refractivity contribution in [3.8, 4) is 22.6 Å². The number of phenols is 1. The molecule has 2 amide bonds. The minimum absolute atomic E-state index is 0.0305. The maximum Gasteiger partial charge on any atom is 0.311 e. The van der Waals surface area contributed by atoms with Crippen LogP contribution in [-0.2, 0) is 0 Å². The lowest BCUT2D eigenvalue weighted by Crippen LogP contribution is -2.41. The van der Waals surface area contributed by atoms with Crippen molar-refractivity contribution >= 4 is 17.5 Å². The topological polar surface area (TPSA) is 144 Å². The number of aromatic hydroxyl groups is 1.